The quantitative estimate of drug-likeness (QED) is 0.380. The van der Waals surface area contributed by atoms with E-state index in [0.29, 0.717) is 0 Å². The first kappa shape index (κ1) is 10.3. The Morgan fingerprint density at radius 1 is 1.55 bits per heavy atom. The molecule has 5 nitrogen and oxygen atoms in total. The van der Waals surface area contributed by atoms with Crippen LogP contribution in [0.3, 0.4) is 0 Å². The van der Waals surface area contributed by atoms with Crippen LogP contribution in [0, 0.1) is 0 Å². The molecule has 0 saturated carbocycles. The molecule has 1 amide bonds. The van der Waals surface area contributed by atoms with Crippen LogP contribution in [0.4, 0.5) is 0 Å². The summed E-state index contributed by atoms with van der Waals surface area (Å²) < 4.78 is 0. The number of rotatable bonds is 4. The summed E-state index contributed by atoms with van der Waals surface area (Å²) in [7, 11) is 0. The number of carbonyl (C=O) groups excluding carboxylic acids is 1. The van der Waals surface area contributed by atoms with Crippen LogP contribution in [0.15, 0.2) is 0 Å². The SMILES string of the molecule is C[C@@H](O)C(=O)NCC(O)CO. The molecule has 11 heavy (non-hydrogen) atoms. The summed E-state index contributed by atoms with van der Waals surface area (Å²) in [6.07, 6.45) is -2.04. The zero-order valence-electron chi connectivity index (χ0n) is 6.32. The van der Waals surface area contributed by atoms with E-state index in [2.05, 4.69) is 5.32 Å². The summed E-state index contributed by atoms with van der Waals surface area (Å²) in [5.74, 6) is -0.558. The minimum Gasteiger partial charge on any atom is -0.394 e. The first-order valence-electron chi connectivity index (χ1n) is 3.32. The van der Waals surface area contributed by atoms with Crippen LogP contribution < -0.4 is 5.32 Å². The molecular weight excluding hydrogens is 150 g/mol. The lowest BCUT2D eigenvalue weighted by molar-refractivity contribution is -0.129. The fraction of sp³-hybridized carbons (Fsp3) is 0.833. The van der Waals surface area contributed by atoms with Gasteiger partial charge in [-0.15, -0.1) is 0 Å². The summed E-state index contributed by atoms with van der Waals surface area (Å²) in [5.41, 5.74) is 0. The average Bonchev–Trinajstić information content (AvgIpc) is 1.99. The predicted molar refractivity (Wildman–Crippen MR) is 37.8 cm³/mol. The van der Waals surface area contributed by atoms with E-state index in [1.807, 2.05) is 0 Å². The van der Waals surface area contributed by atoms with Gasteiger partial charge in [0, 0.05) is 6.54 Å². The Hall–Kier alpha value is -0.650. The first-order valence-corrected chi connectivity index (χ1v) is 3.32. The van der Waals surface area contributed by atoms with Gasteiger partial charge in [0.15, 0.2) is 0 Å². The highest BCUT2D eigenvalue weighted by molar-refractivity contribution is 5.79. The van der Waals surface area contributed by atoms with E-state index in [1.54, 1.807) is 0 Å². The van der Waals surface area contributed by atoms with Crippen molar-refractivity contribution in [2.75, 3.05) is 13.2 Å². The van der Waals surface area contributed by atoms with E-state index in [-0.39, 0.29) is 6.54 Å². The number of aliphatic hydroxyl groups excluding tert-OH is 3. The first-order chi connectivity index (χ1) is 5.07. The lowest BCUT2D eigenvalue weighted by Gasteiger charge is -2.09. The van der Waals surface area contributed by atoms with Gasteiger partial charge < -0.3 is 20.6 Å². The molecule has 0 bridgehead atoms. The largest absolute Gasteiger partial charge is 0.394 e. The van der Waals surface area contributed by atoms with Crippen LogP contribution in [0.2, 0.25) is 0 Å². The van der Waals surface area contributed by atoms with Gasteiger partial charge in [0.1, 0.15) is 6.10 Å². The third-order valence-electron chi connectivity index (χ3n) is 1.10. The number of nitrogens with one attached hydrogen (secondary N) is 1. The summed E-state index contributed by atoms with van der Waals surface area (Å²) in [6, 6.07) is 0. The monoisotopic (exact) mass is 163 g/mol. The molecule has 2 atom stereocenters. The van der Waals surface area contributed by atoms with Crippen molar-refractivity contribution in [3.63, 3.8) is 0 Å². The summed E-state index contributed by atoms with van der Waals surface area (Å²) in [5, 5.41) is 27.9. The van der Waals surface area contributed by atoms with Crippen molar-refractivity contribution in [1.29, 1.82) is 0 Å². The van der Waals surface area contributed by atoms with Crippen molar-refractivity contribution < 1.29 is 20.1 Å². The van der Waals surface area contributed by atoms with Crippen molar-refractivity contribution in [3.05, 3.63) is 0 Å². The molecule has 0 saturated heterocycles. The van der Waals surface area contributed by atoms with Gasteiger partial charge >= 0.3 is 0 Å². The van der Waals surface area contributed by atoms with Gasteiger partial charge in [-0.05, 0) is 6.92 Å². The zero-order chi connectivity index (χ0) is 8.85. The van der Waals surface area contributed by atoms with Gasteiger partial charge in [-0.3, -0.25) is 4.79 Å². The molecule has 0 radical (unpaired) electrons. The van der Waals surface area contributed by atoms with E-state index in [0.717, 1.165) is 0 Å². The van der Waals surface area contributed by atoms with E-state index in [4.69, 9.17) is 15.3 Å². The van der Waals surface area contributed by atoms with Crippen molar-refractivity contribution in [3.8, 4) is 0 Å². The number of hydrogen-bond acceptors (Lipinski definition) is 4. The van der Waals surface area contributed by atoms with Gasteiger partial charge in [-0.1, -0.05) is 0 Å². The van der Waals surface area contributed by atoms with Crippen LogP contribution in [0.5, 0.6) is 0 Å². The highest BCUT2D eigenvalue weighted by atomic mass is 16.3. The molecule has 0 aliphatic carbocycles. The second kappa shape index (κ2) is 5.06. The van der Waals surface area contributed by atoms with Crippen LogP contribution in [0.25, 0.3) is 0 Å². The van der Waals surface area contributed by atoms with E-state index in [1.165, 1.54) is 6.92 Å². The molecule has 0 aliphatic rings. The topological polar surface area (TPSA) is 89.8 Å². The van der Waals surface area contributed by atoms with Crippen molar-refractivity contribution in [2.45, 2.75) is 19.1 Å². The molecule has 5 heteroatoms. The Labute approximate surface area is 64.7 Å². The van der Waals surface area contributed by atoms with Gasteiger partial charge in [0.05, 0.1) is 12.7 Å². The lowest BCUT2D eigenvalue weighted by Crippen LogP contribution is -2.38. The molecule has 1 unspecified atom stereocenters. The lowest BCUT2D eigenvalue weighted by atomic mass is 10.3. The molecule has 0 heterocycles. The maximum Gasteiger partial charge on any atom is 0.248 e. The van der Waals surface area contributed by atoms with Crippen LogP contribution in [0.1, 0.15) is 6.92 Å². The number of hydrogen-bond donors (Lipinski definition) is 4. The summed E-state index contributed by atoms with van der Waals surface area (Å²) in [4.78, 5) is 10.6. The van der Waals surface area contributed by atoms with Gasteiger partial charge in [0.2, 0.25) is 5.91 Å². The second-order valence-electron chi connectivity index (χ2n) is 2.26. The molecule has 0 aromatic heterocycles. The molecule has 0 aromatic carbocycles. The predicted octanol–water partition coefficient (Wildman–Crippen LogP) is -2.16. The number of aliphatic hydroxyl groups is 3. The van der Waals surface area contributed by atoms with E-state index in [9.17, 15) is 4.79 Å². The molecule has 66 valence electrons. The zero-order valence-corrected chi connectivity index (χ0v) is 6.32. The maximum atomic E-state index is 10.6. The third kappa shape index (κ3) is 4.72. The fourth-order valence-corrected chi connectivity index (χ4v) is 0.431. The van der Waals surface area contributed by atoms with Crippen molar-refractivity contribution in [1.82, 2.24) is 5.32 Å². The fourth-order valence-electron chi connectivity index (χ4n) is 0.431. The van der Waals surface area contributed by atoms with E-state index < -0.39 is 24.7 Å². The second-order valence-corrected chi connectivity index (χ2v) is 2.26. The molecule has 0 fully saturated rings. The van der Waals surface area contributed by atoms with Crippen molar-refractivity contribution in [2.24, 2.45) is 0 Å². The van der Waals surface area contributed by atoms with E-state index >= 15 is 0 Å². The molecule has 0 spiro atoms. The number of carbonyl (C=O) groups is 1. The van der Waals surface area contributed by atoms with Crippen LogP contribution >= 0.6 is 0 Å². The minimum absolute atomic E-state index is 0.0414. The smallest absolute Gasteiger partial charge is 0.248 e. The Balaban J connectivity index is 3.46. The van der Waals surface area contributed by atoms with Gasteiger partial charge in [-0.2, -0.15) is 0 Å². The third-order valence-corrected chi connectivity index (χ3v) is 1.10. The molecule has 0 rings (SSSR count). The maximum absolute atomic E-state index is 10.6. The summed E-state index contributed by atoms with van der Waals surface area (Å²) >= 11 is 0. The van der Waals surface area contributed by atoms with Crippen molar-refractivity contribution >= 4 is 5.91 Å². The standard InChI is InChI=1S/C6H13NO4/c1-4(9)6(11)7-2-5(10)3-8/h4-5,8-10H,2-3H2,1H3,(H,7,11)/t4-,5?/m1/s1. The molecule has 0 aliphatic heterocycles. The van der Waals surface area contributed by atoms with Crippen LogP contribution in [-0.2, 0) is 4.79 Å². The van der Waals surface area contributed by atoms with Gasteiger partial charge in [0.25, 0.3) is 0 Å². The molecule has 0 aromatic rings. The van der Waals surface area contributed by atoms with Gasteiger partial charge in [-0.25, -0.2) is 0 Å². The molecular formula is C6H13NO4. The summed E-state index contributed by atoms with van der Waals surface area (Å²) in [6.45, 7) is 0.876. The highest BCUT2D eigenvalue weighted by Gasteiger charge is 2.09. The number of amides is 1. The Morgan fingerprint density at radius 2 is 2.09 bits per heavy atom. The highest BCUT2D eigenvalue weighted by Crippen LogP contribution is 1.81. The Bertz CT molecular complexity index is 126. The Kier molecular flexibility index (Phi) is 4.76. The normalized spacial score (nSPS) is 15.6. The Morgan fingerprint density at radius 3 is 2.45 bits per heavy atom. The molecule has 4 N–H and O–H groups in total. The van der Waals surface area contributed by atoms with Crippen LogP contribution in [-0.4, -0.2) is 46.6 Å². The minimum atomic E-state index is -1.08. The average molecular weight is 163 g/mol.